The largest absolute Gasteiger partial charge is 0.407 e. The molecular weight excluding hydrogens is 240 g/mol. The van der Waals surface area contributed by atoms with Crippen LogP contribution in [-0.2, 0) is 9.22 Å². The van der Waals surface area contributed by atoms with Gasteiger partial charge in [0.25, 0.3) is 0 Å². The summed E-state index contributed by atoms with van der Waals surface area (Å²) in [7, 11) is -1.81. The number of carbonyl (C=O) groups excluding carboxylic acids is 1. The normalized spacial score (nSPS) is 33.6. The quantitative estimate of drug-likeness (QED) is 0.703. The van der Waals surface area contributed by atoms with E-state index in [-0.39, 0.29) is 11.1 Å². The van der Waals surface area contributed by atoms with Crippen LogP contribution < -0.4 is 0 Å². The number of hydrogen-bond acceptors (Lipinski definition) is 2. The molecule has 2 saturated carbocycles. The monoisotopic (exact) mass is 268 g/mol. The van der Waals surface area contributed by atoms with Crippen LogP contribution in [0.25, 0.3) is 0 Å². The van der Waals surface area contributed by atoms with Crippen LogP contribution >= 0.6 is 0 Å². The molecule has 0 bridgehead atoms. The fourth-order valence-corrected chi connectivity index (χ4v) is 4.44. The van der Waals surface area contributed by atoms with Crippen LogP contribution in [0.15, 0.2) is 0 Å². The van der Waals surface area contributed by atoms with Gasteiger partial charge < -0.3 is 4.43 Å². The molecule has 0 aliphatic heterocycles. The van der Waals surface area contributed by atoms with Gasteiger partial charge in [-0.05, 0) is 42.8 Å². The molecule has 0 aromatic heterocycles. The van der Waals surface area contributed by atoms with Gasteiger partial charge >= 0.3 is 0 Å². The average Bonchev–Trinajstić information content (AvgIpc) is 2.54. The van der Waals surface area contributed by atoms with Crippen LogP contribution in [0.3, 0.4) is 0 Å². The van der Waals surface area contributed by atoms with Crippen LogP contribution in [0, 0.1) is 11.8 Å². The molecule has 2 nitrogen and oxygen atoms in total. The van der Waals surface area contributed by atoms with E-state index in [0.717, 1.165) is 6.42 Å². The molecule has 0 spiro atoms. The number of fused-ring (bicyclic) bond motifs is 1. The van der Waals surface area contributed by atoms with Crippen molar-refractivity contribution in [3.8, 4) is 0 Å². The van der Waals surface area contributed by atoms with E-state index in [1.165, 1.54) is 25.7 Å². The van der Waals surface area contributed by atoms with Crippen LogP contribution in [0.2, 0.25) is 18.1 Å². The Hall–Kier alpha value is -0.153. The van der Waals surface area contributed by atoms with Gasteiger partial charge in [-0.2, -0.15) is 0 Å². The van der Waals surface area contributed by atoms with Crippen molar-refractivity contribution in [2.75, 3.05) is 0 Å². The molecule has 3 atom stereocenters. The highest BCUT2D eigenvalue weighted by Gasteiger charge is 2.48. The number of carbonyl (C=O) groups is 1. The molecule has 2 fully saturated rings. The third-order valence-corrected chi connectivity index (χ3v) is 9.82. The first-order chi connectivity index (χ1) is 8.22. The Balaban J connectivity index is 2.11. The minimum Gasteiger partial charge on any atom is -0.407 e. The van der Waals surface area contributed by atoms with E-state index in [2.05, 4.69) is 33.9 Å². The third kappa shape index (κ3) is 2.57. The van der Waals surface area contributed by atoms with Crippen molar-refractivity contribution in [3.63, 3.8) is 0 Å². The maximum atomic E-state index is 12.2. The van der Waals surface area contributed by atoms with Gasteiger partial charge in [0.15, 0.2) is 14.1 Å². The van der Waals surface area contributed by atoms with Crippen LogP contribution in [0.4, 0.5) is 0 Å². The molecular formula is C15H28O2Si. The summed E-state index contributed by atoms with van der Waals surface area (Å²) in [6.45, 7) is 11.3. The molecule has 0 amide bonds. The smallest absolute Gasteiger partial charge is 0.193 e. The fraction of sp³-hybridized carbons (Fsp3) is 0.933. The second-order valence-electron chi connectivity index (χ2n) is 7.68. The van der Waals surface area contributed by atoms with Crippen LogP contribution in [-0.4, -0.2) is 20.2 Å². The molecule has 0 saturated heterocycles. The van der Waals surface area contributed by atoms with Crippen molar-refractivity contribution in [2.24, 2.45) is 11.8 Å². The third-order valence-electron chi connectivity index (χ3n) is 5.37. The summed E-state index contributed by atoms with van der Waals surface area (Å²) < 4.78 is 6.43. The molecule has 18 heavy (non-hydrogen) atoms. The van der Waals surface area contributed by atoms with E-state index in [1.54, 1.807) is 0 Å². The molecule has 0 unspecified atom stereocenters. The highest BCUT2D eigenvalue weighted by Crippen LogP contribution is 2.45. The first kappa shape index (κ1) is 14.3. The Morgan fingerprint density at radius 2 is 1.78 bits per heavy atom. The maximum Gasteiger partial charge on any atom is 0.193 e. The summed E-state index contributed by atoms with van der Waals surface area (Å²) in [5, 5.41) is 0.194. The van der Waals surface area contributed by atoms with Gasteiger partial charge in [-0.15, -0.1) is 0 Å². The lowest BCUT2D eigenvalue weighted by Gasteiger charge is -2.40. The molecule has 0 aromatic carbocycles. The van der Waals surface area contributed by atoms with Crippen molar-refractivity contribution in [1.82, 2.24) is 0 Å². The predicted molar refractivity (Wildman–Crippen MR) is 77.1 cm³/mol. The first-order valence-electron chi connectivity index (χ1n) is 7.43. The van der Waals surface area contributed by atoms with Gasteiger partial charge in [0.1, 0.15) is 6.10 Å². The molecule has 2 aliphatic rings. The highest BCUT2D eigenvalue weighted by molar-refractivity contribution is 6.74. The van der Waals surface area contributed by atoms with E-state index in [9.17, 15) is 4.79 Å². The molecule has 0 heterocycles. The Morgan fingerprint density at radius 1 is 1.17 bits per heavy atom. The van der Waals surface area contributed by atoms with E-state index >= 15 is 0 Å². The molecule has 104 valence electrons. The molecule has 0 N–H and O–H groups in total. The molecule has 0 aromatic rings. The van der Waals surface area contributed by atoms with Gasteiger partial charge in [0, 0.05) is 6.42 Å². The highest BCUT2D eigenvalue weighted by atomic mass is 28.4. The molecule has 3 heteroatoms. The van der Waals surface area contributed by atoms with Gasteiger partial charge in [-0.1, -0.05) is 33.6 Å². The van der Waals surface area contributed by atoms with E-state index in [4.69, 9.17) is 4.43 Å². The molecule has 0 radical (unpaired) electrons. The van der Waals surface area contributed by atoms with Crippen molar-refractivity contribution < 1.29 is 9.22 Å². The lowest BCUT2D eigenvalue weighted by Crippen LogP contribution is -2.47. The standard InChI is InChI=1S/C15H28O2Si/c1-15(2,3)18(4,5)17-14-12-9-7-6-8-11(12)10-13(14)16/h11-12,14H,6-10H2,1-5H3/t11-,12-,14+/m1/s1. The van der Waals surface area contributed by atoms with E-state index < -0.39 is 8.32 Å². The maximum absolute atomic E-state index is 12.2. The SMILES string of the molecule is CC(C)(C)[Si](C)(C)O[C@@H]1C(=O)C[C@H]2CCCC[C@H]21. The summed E-state index contributed by atoms with van der Waals surface area (Å²) in [6, 6.07) is 0. The van der Waals surface area contributed by atoms with Crippen LogP contribution in [0.5, 0.6) is 0 Å². The summed E-state index contributed by atoms with van der Waals surface area (Å²) in [4.78, 5) is 12.2. The van der Waals surface area contributed by atoms with Crippen LogP contribution in [0.1, 0.15) is 52.9 Å². The lowest BCUT2D eigenvalue weighted by atomic mass is 9.81. The lowest BCUT2D eigenvalue weighted by molar-refractivity contribution is -0.124. The fourth-order valence-electron chi connectivity index (χ4n) is 3.15. The summed E-state index contributed by atoms with van der Waals surface area (Å²) in [5.41, 5.74) is 0. The molecule has 2 aliphatic carbocycles. The topological polar surface area (TPSA) is 26.3 Å². The van der Waals surface area contributed by atoms with E-state index in [0.29, 0.717) is 17.6 Å². The Morgan fingerprint density at radius 3 is 2.39 bits per heavy atom. The van der Waals surface area contributed by atoms with Crippen molar-refractivity contribution in [1.29, 1.82) is 0 Å². The predicted octanol–water partition coefficient (Wildman–Crippen LogP) is 4.16. The second kappa shape index (κ2) is 4.75. The summed E-state index contributed by atoms with van der Waals surface area (Å²) in [5.74, 6) is 1.54. The van der Waals surface area contributed by atoms with Crippen molar-refractivity contribution in [3.05, 3.63) is 0 Å². The average molecular weight is 268 g/mol. The number of Topliss-reactive ketones (excluding diaryl/α,β-unsaturated/α-hetero) is 1. The molecule has 2 rings (SSSR count). The summed E-state index contributed by atoms with van der Waals surface area (Å²) >= 11 is 0. The van der Waals surface area contributed by atoms with Gasteiger partial charge in [0.2, 0.25) is 0 Å². The Labute approximate surface area is 113 Å². The zero-order valence-electron chi connectivity index (χ0n) is 12.6. The number of ketones is 1. The van der Waals surface area contributed by atoms with E-state index in [1.807, 2.05) is 0 Å². The zero-order chi connectivity index (χ0) is 13.6. The zero-order valence-corrected chi connectivity index (χ0v) is 13.6. The second-order valence-corrected chi connectivity index (χ2v) is 12.4. The first-order valence-corrected chi connectivity index (χ1v) is 10.3. The van der Waals surface area contributed by atoms with Gasteiger partial charge in [-0.25, -0.2) is 0 Å². The number of hydrogen-bond donors (Lipinski definition) is 0. The minimum atomic E-state index is -1.81. The van der Waals surface area contributed by atoms with Crippen molar-refractivity contribution >= 4 is 14.1 Å². The Bertz CT molecular complexity index is 330. The minimum absolute atomic E-state index is 0.0730. The van der Waals surface area contributed by atoms with Crippen molar-refractivity contribution in [2.45, 2.75) is 77.1 Å². The number of rotatable bonds is 2. The summed E-state index contributed by atoms with van der Waals surface area (Å²) in [6.07, 6.45) is 5.75. The Kier molecular flexibility index (Phi) is 3.76. The van der Waals surface area contributed by atoms with Gasteiger partial charge in [0.05, 0.1) is 0 Å². The van der Waals surface area contributed by atoms with Gasteiger partial charge in [-0.3, -0.25) is 4.79 Å².